The third-order valence-electron chi connectivity index (χ3n) is 12.5. The molecule has 4 fully saturated rings. The summed E-state index contributed by atoms with van der Waals surface area (Å²) in [7, 11) is 0. The largest absolute Gasteiger partial charge is 0.394 e. The maximum absolute atomic E-state index is 14.4. The number of rotatable bonds is 8. The summed E-state index contributed by atoms with van der Waals surface area (Å²) in [4.78, 5) is 14.4. The molecule has 0 aromatic heterocycles. The van der Waals surface area contributed by atoms with E-state index in [0.717, 1.165) is 19.3 Å². The van der Waals surface area contributed by atoms with Gasteiger partial charge in [-0.2, -0.15) is 0 Å². The molecule has 9 heteroatoms. The van der Waals surface area contributed by atoms with Crippen molar-refractivity contribution in [3.05, 3.63) is 11.6 Å². The highest BCUT2D eigenvalue weighted by Crippen LogP contribution is 2.66. The number of allylic oxidation sites excluding steroid dienone is 1. The van der Waals surface area contributed by atoms with Crippen molar-refractivity contribution in [3.63, 3.8) is 0 Å². The van der Waals surface area contributed by atoms with E-state index in [0.29, 0.717) is 32.1 Å². The first kappa shape index (κ1) is 32.5. The van der Waals surface area contributed by atoms with E-state index in [-0.39, 0.29) is 52.8 Å². The first-order valence-electron chi connectivity index (χ1n) is 16.3. The number of fused-ring (bicyclic) bond motifs is 5. The van der Waals surface area contributed by atoms with Crippen LogP contribution in [0.2, 0.25) is 0 Å². The number of Topliss-reactive ketones (excluding diaryl/α,β-unsaturated/α-hetero) is 1. The number of hydrogen-bond donors (Lipinski definition) is 6. The molecule has 0 aromatic rings. The zero-order chi connectivity index (χ0) is 30.7. The normalized spacial score (nSPS) is 48.7. The van der Waals surface area contributed by atoms with Gasteiger partial charge in [0.05, 0.1) is 24.9 Å². The zero-order valence-electron chi connectivity index (χ0n) is 25.9. The van der Waals surface area contributed by atoms with E-state index in [4.69, 9.17) is 9.47 Å². The second kappa shape index (κ2) is 12.1. The van der Waals surface area contributed by atoms with E-state index in [1.54, 1.807) is 0 Å². The van der Waals surface area contributed by atoms with Gasteiger partial charge in [-0.1, -0.05) is 46.3 Å². The molecular formula is C33H54O9. The van der Waals surface area contributed by atoms with Crippen molar-refractivity contribution >= 4 is 5.78 Å². The van der Waals surface area contributed by atoms with E-state index in [1.165, 1.54) is 5.57 Å². The summed E-state index contributed by atoms with van der Waals surface area (Å²) in [6.07, 6.45) is -0.185. The van der Waals surface area contributed by atoms with Crippen LogP contribution < -0.4 is 0 Å². The quantitative estimate of drug-likeness (QED) is 0.232. The summed E-state index contributed by atoms with van der Waals surface area (Å²) in [5.41, 5.74) is 0.509. The molecule has 6 N–H and O–H groups in total. The monoisotopic (exact) mass is 594 g/mol. The van der Waals surface area contributed by atoms with Gasteiger partial charge in [-0.3, -0.25) is 4.79 Å². The fourth-order valence-electron chi connectivity index (χ4n) is 9.80. The number of ketones is 1. The number of aliphatic hydroxyl groups excluding tert-OH is 6. The molecule has 0 spiro atoms. The fraction of sp³-hybridized carbons (Fsp3) is 0.909. The highest BCUT2D eigenvalue weighted by atomic mass is 16.7. The van der Waals surface area contributed by atoms with Crippen LogP contribution in [-0.2, 0) is 14.3 Å². The standard InChI is InChI=1S/C33H54O9/c1-16(2)23(36)9-6-17(3)27-24(41-31-30(40)29(39)28(38)25(15-34)42-31)13-22-20-8-7-18-12-19(35)10-11-32(18,4)21(20)14-26(37)33(22,27)5/h7,16-17,19-25,27-31,34-36,38-40H,6,8-15H2,1-5H3/t17-,19+,20-,21+,22+,23-,24+,25+,27+,28+,29-,30+,31+,32+,33-/m1/s1. The minimum absolute atomic E-state index is 0.0268. The second-order valence-electron chi connectivity index (χ2n) is 15.1. The predicted octanol–water partition coefficient (Wildman–Crippen LogP) is 2.33. The van der Waals surface area contributed by atoms with Crippen LogP contribution in [0.5, 0.6) is 0 Å². The molecule has 1 aliphatic heterocycles. The Hall–Kier alpha value is -0.910. The molecule has 1 heterocycles. The highest BCUT2D eigenvalue weighted by molar-refractivity contribution is 5.87. The average Bonchev–Trinajstić information content (AvgIpc) is 3.25. The summed E-state index contributed by atoms with van der Waals surface area (Å²) >= 11 is 0. The Morgan fingerprint density at radius 3 is 2.40 bits per heavy atom. The van der Waals surface area contributed by atoms with Crippen molar-refractivity contribution in [3.8, 4) is 0 Å². The van der Waals surface area contributed by atoms with Crippen molar-refractivity contribution in [2.45, 2.75) is 135 Å². The highest BCUT2D eigenvalue weighted by Gasteiger charge is 2.66. The number of hydrogen-bond acceptors (Lipinski definition) is 9. The van der Waals surface area contributed by atoms with Gasteiger partial charge < -0.3 is 40.1 Å². The van der Waals surface area contributed by atoms with Gasteiger partial charge >= 0.3 is 0 Å². The molecule has 0 unspecified atom stereocenters. The molecule has 0 bridgehead atoms. The van der Waals surface area contributed by atoms with E-state index in [9.17, 15) is 35.4 Å². The summed E-state index contributed by atoms with van der Waals surface area (Å²) in [6, 6.07) is 0. The molecule has 9 nitrogen and oxygen atoms in total. The van der Waals surface area contributed by atoms with Crippen molar-refractivity contribution < 1.29 is 44.9 Å². The van der Waals surface area contributed by atoms with Gasteiger partial charge in [0.2, 0.25) is 0 Å². The molecule has 42 heavy (non-hydrogen) atoms. The second-order valence-corrected chi connectivity index (χ2v) is 15.1. The van der Waals surface area contributed by atoms with Crippen LogP contribution in [0.4, 0.5) is 0 Å². The molecule has 15 atom stereocenters. The van der Waals surface area contributed by atoms with Crippen LogP contribution >= 0.6 is 0 Å². The molecule has 3 saturated carbocycles. The molecule has 5 rings (SSSR count). The lowest BCUT2D eigenvalue weighted by atomic mass is 9.46. The summed E-state index contributed by atoms with van der Waals surface area (Å²) in [5.74, 6) is 0.704. The van der Waals surface area contributed by atoms with Crippen LogP contribution in [0.25, 0.3) is 0 Å². The van der Waals surface area contributed by atoms with Crippen LogP contribution in [-0.4, -0.2) is 92.0 Å². The van der Waals surface area contributed by atoms with Gasteiger partial charge in [0.1, 0.15) is 30.2 Å². The average molecular weight is 595 g/mol. The third kappa shape index (κ3) is 5.34. The smallest absolute Gasteiger partial charge is 0.186 e. The Morgan fingerprint density at radius 1 is 1.02 bits per heavy atom. The molecule has 1 saturated heterocycles. The Kier molecular flexibility index (Phi) is 9.37. The van der Waals surface area contributed by atoms with E-state index in [2.05, 4.69) is 26.8 Å². The van der Waals surface area contributed by atoms with E-state index >= 15 is 0 Å². The molecule has 4 aliphatic carbocycles. The molecule has 0 radical (unpaired) electrons. The van der Waals surface area contributed by atoms with Crippen LogP contribution in [0.1, 0.15) is 86.0 Å². The van der Waals surface area contributed by atoms with Gasteiger partial charge in [0.15, 0.2) is 6.29 Å². The van der Waals surface area contributed by atoms with E-state index < -0.39 is 54.9 Å². The Labute approximate surface area is 250 Å². The topological polar surface area (TPSA) is 157 Å². The van der Waals surface area contributed by atoms with Crippen molar-refractivity contribution in [2.24, 2.45) is 46.3 Å². The zero-order valence-corrected chi connectivity index (χ0v) is 25.9. The molecule has 5 aliphatic rings. The van der Waals surface area contributed by atoms with Crippen LogP contribution in [0.3, 0.4) is 0 Å². The van der Waals surface area contributed by atoms with Crippen molar-refractivity contribution in [2.75, 3.05) is 6.61 Å². The molecule has 0 amide bonds. The number of carbonyl (C=O) groups excluding carboxylic acids is 1. The van der Waals surface area contributed by atoms with Gasteiger partial charge in [-0.05, 0) is 80.0 Å². The van der Waals surface area contributed by atoms with Crippen molar-refractivity contribution in [1.82, 2.24) is 0 Å². The first-order valence-corrected chi connectivity index (χ1v) is 16.3. The van der Waals surface area contributed by atoms with Crippen molar-refractivity contribution in [1.29, 1.82) is 0 Å². The summed E-state index contributed by atoms with van der Waals surface area (Å²) in [6.45, 7) is 9.95. The SMILES string of the molecule is CC(C)[C@H](O)CC[C@@H](C)[C@H]1[C@@H](O[C@H]2O[C@@H](CO)[C@H](O)[C@@H](O)[C@@H]2O)C[C@H]2[C@@H]3CC=C4C[C@@H](O)CC[C@]4(C)[C@H]3CC(=O)[C@]12C. The predicted molar refractivity (Wildman–Crippen MR) is 155 cm³/mol. The van der Waals surface area contributed by atoms with Crippen LogP contribution in [0.15, 0.2) is 11.6 Å². The van der Waals surface area contributed by atoms with Gasteiger partial charge in [0.25, 0.3) is 0 Å². The van der Waals surface area contributed by atoms with Gasteiger partial charge in [0, 0.05) is 17.8 Å². The minimum atomic E-state index is -1.54. The molecule has 240 valence electrons. The lowest BCUT2D eigenvalue weighted by Crippen LogP contribution is -2.60. The summed E-state index contributed by atoms with van der Waals surface area (Å²) < 4.78 is 12.3. The molecular weight excluding hydrogens is 540 g/mol. The Morgan fingerprint density at radius 2 is 1.74 bits per heavy atom. The molecule has 0 aromatic carbocycles. The third-order valence-corrected chi connectivity index (χ3v) is 12.5. The minimum Gasteiger partial charge on any atom is -0.394 e. The van der Waals surface area contributed by atoms with Crippen LogP contribution in [0, 0.1) is 46.3 Å². The lowest BCUT2D eigenvalue weighted by Gasteiger charge is -2.57. The maximum atomic E-state index is 14.4. The lowest BCUT2D eigenvalue weighted by molar-refractivity contribution is -0.315. The first-order chi connectivity index (χ1) is 19.7. The van der Waals surface area contributed by atoms with E-state index in [1.807, 2.05) is 13.8 Å². The Balaban J connectivity index is 1.47. The van der Waals surface area contributed by atoms with Gasteiger partial charge in [-0.25, -0.2) is 0 Å². The number of carbonyl (C=O) groups is 1. The summed E-state index contributed by atoms with van der Waals surface area (Å²) in [5, 5.41) is 62.3. The Bertz CT molecular complexity index is 1010. The number of ether oxygens (including phenoxy) is 2. The fourth-order valence-corrected chi connectivity index (χ4v) is 9.80. The maximum Gasteiger partial charge on any atom is 0.186 e. The number of aliphatic hydroxyl groups is 6. The van der Waals surface area contributed by atoms with Gasteiger partial charge in [-0.15, -0.1) is 0 Å².